The van der Waals surface area contributed by atoms with Crippen molar-refractivity contribution in [3.63, 3.8) is 0 Å². The standard InChI is InChI=1S/C15H21N/c1-15(8-9-15)14-4-2-12(3-5-14)13-6-10-16-11-7-13/h2-5,13,16H,6-11H2,1H3. The van der Waals surface area contributed by atoms with E-state index < -0.39 is 0 Å². The number of piperidine rings is 1. The van der Waals surface area contributed by atoms with Gasteiger partial charge in [-0.25, -0.2) is 0 Å². The first kappa shape index (κ1) is 10.3. The van der Waals surface area contributed by atoms with Crippen molar-refractivity contribution in [2.45, 2.75) is 43.9 Å². The molecule has 1 aromatic carbocycles. The third-order valence-electron chi connectivity index (χ3n) is 4.42. The molecule has 0 atom stereocenters. The molecule has 3 rings (SSSR count). The predicted molar refractivity (Wildman–Crippen MR) is 67.9 cm³/mol. The third-order valence-corrected chi connectivity index (χ3v) is 4.42. The molecule has 0 unspecified atom stereocenters. The van der Waals surface area contributed by atoms with Crippen molar-refractivity contribution in [3.8, 4) is 0 Å². The summed E-state index contributed by atoms with van der Waals surface area (Å²) in [6, 6.07) is 9.47. The summed E-state index contributed by atoms with van der Waals surface area (Å²) < 4.78 is 0. The molecule has 1 heterocycles. The minimum absolute atomic E-state index is 0.520. The Balaban J connectivity index is 1.76. The fraction of sp³-hybridized carbons (Fsp3) is 0.600. The van der Waals surface area contributed by atoms with Gasteiger partial charge < -0.3 is 5.32 Å². The van der Waals surface area contributed by atoms with Crippen molar-refractivity contribution in [1.29, 1.82) is 0 Å². The molecule has 0 radical (unpaired) electrons. The van der Waals surface area contributed by atoms with E-state index in [1.807, 2.05) is 0 Å². The fourth-order valence-electron chi connectivity index (χ4n) is 2.79. The molecule has 1 N–H and O–H groups in total. The number of benzene rings is 1. The molecule has 0 aromatic heterocycles. The van der Waals surface area contributed by atoms with E-state index in [0.717, 1.165) is 5.92 Å². The zero-order chi connectivity index (χ0) is 11.0. The quantitative estimate of drug-likeness (QED) is 0.799. The molecule has 0 amide bonds. The second kappa shape index (κ2) is 3.89. The van der Waals surface area contributed by atoms with E-state index in [1.54, 1.807) is 11.1 Å². The lowest BCUT2D eigenvalue weighted by Crippen LogP contribution is -2.26. The lowest BCUT2D eigenvalue weighted by Gasteiger charge is -2.23. The summed E-state index contributed by atoms with van der Waals surface area (Å²) in [6.45, 7) is 4.75. The molecular weight excluding hydrogens is 194 g/mol. The number of nitrogens with one attached hydrogen (secondary N) is 1. The van der Waals surface area contributed by atoms with Crippen molar-refractivity contribution in [2.75, 3.05) is 13.1 Å². The van der Waals surface area contributed by atoms with Crippen LogP contribution < -0.4 is 5.32 Å². The maximum Gasteiger partial charge on any atom is -0.00431 e. The Morgan fingerprint density at radius 2 is 1.69 bits per heavy atom. The topological polar surface area (TPSA) is 12.0 Å². The third kappa shape index (κ3) is 1.89. The second-order valence-corrected chi connectivity index (χ2v) is 5.71. The van der Waals surface area contributed by atoms with Crippen LogP contribution in [0.3, 0.4) is 0 Å². The predicted octanol–water partition coefficient (Wildman–Crippen LogP) is 3.21. The Morgan fingerprint density at radius 1 is 1.06 bits per heavy atom. The highest BCUT2D eigenvalue weighted by Crippen LogP contribution is 2.47. The van der Waals surface area contributed by atoms with Crippen molar-refractivity contribution >= 4 is 0 Å². The Hall–Kier alpha value is -0.820. The summed E-state index contributed by atoms with van der Waals surface area (Å²) in [4.78, 5) is 0. The van der Waals surface area contributed by atoms with Crippen LogP contribution in [0.25, 0.3) is 0 Å². The first-order valence-electron chi connectivity index (χ1n) is 6.59. The van der Waals surface area contributed by atoms with E-state index in [9.17, 15) is 0 Å². The molecule has 2 aliphatic rings. The van der Waals surface area contributed by atoms with Gasteiger partial charge in [0.25, 0.3) is 0 Å². The normalized spacial score (nSPS) is 24.3. The van der Waals surface area contributed by atoms with E-state index in [1.165, 1.54) is 38.8 Å². The molecule has 86 valence electrons. The molecule has 1 heteroatoms. The van der Waals surface area contributed by atoms with Gasteiger partial charge in [-0.2, -0.15) is 0 Å². The number of hydrogen-bond donors (Lipinski definition) is 1. The smallest absolute Gasteiger partial charge is 0.00431 e. The van der Waals surface area contributed by atoms with Gasteiger partial charge in [-0.1, -0.05) is 31.2 Å². The van der Waals surface area contributed by atoms with Gasteiger partial charge in [-0.15, -0.1) is 0 Å². The average Bonchev–Trinajstić information content (AvgIpc) is 3.10. The van der Waals surface area contributed by atoms with E-state index in [4.69, 9.17) is 0 Å². The minimum atomic E-state index is 0.520. The first-order chi connectivity index (χ1) is 7.78. The van der Waals surface area contributed by atoms with Gasteiger partial charge >= 0.3 is 0 Å². The molecule has 1 saturated heterocycles. The summed E-state index contributed by atoms with van der Waals surface area (Å²) in [5.41, 5.74) is 3.62. The van der Waals surface area contributed by atoms with Crippen LogP contribution in [0.2, 0.25) is 0 Å². The maximum atomic E-state index is 3.43. The van der Waals surface area contributed by atoms with Gasteiger partial charge in [0.05, 0.1) is 0 Å². The molecule has 0 spiro atoms. The molecule has 2 fully saturated rings. The monoisotopic (exact) mass is 215 g/mol. The van der Waals surface area contributed by atoms with Crippen LogP contribution >= 0.6 is 0 Å². The molecular formula is C15H21N. The lowest BCUT2D eigenvalue weighted by atomic mass is 9.88. The van der Waals surface area contributed by atoms with Crippen LogP contribution in [0.5, 0.6) is 0 Å². The molecule has 1 aromatic rings. The Kier molecular flexibility index (Phi) is 2.51. The van der Waals surface area contributed by atoms with Gasteiger partial charge in [-0.3, -0.25) is 0 Å². The fourth-order valence-corrected chi connectivity index (χ4v) is 2.79. The van der Waals surface area contributed by atoms with Crippen LogP contribution in [0.4, 0.5) is 0 Å². The van der Waals surface area contributed by atoms with E-state index >= 15 is 0 Å². The minimum Gasteiger partial charge on any atom is -0.317 e. The summed E-state index contributed by atoms with van der Waals surface area (Å²) in [5, 5.41) is 3.43. The summed E-state index contributed by atoms with van der Waals surface area (Å²) in [5.74, 6) is 0.794. The molecule has 1 saturated carbocycles. The average molecular weight is 215 g/mol. The van der Waals surface area contributed by atoms with Crippen molar-refractivity contribution in [2.24, 2.45) is 0 Å². The zero-order valence-corrected chi connectivity index (χ0v) is 10.1. The van der Waals surface area contributed by atoms with E-state index in [0.29, 0.717) is 5.41 Å². The van der Waals surface area contributed by atoms with Crippen molar-refractivity contribution in [3.05, 3.63) is 35.4 Å². The molecule has 0 bridgehead atoms. The van der Waals surface area contributed by atoms with Crippen molar-refractivity contribution in [1.82, 2.24) is 5.32 Å². The van der Waals surface area contributed by atoms with Crippen LogP contribution in [0.15, 0.2) is 24.3 Å². The van der Waals surface area contributed by atoms with Crippen LogP contribution in [-0.2, 0) is 5.41 Å². The highest BCUT2D eigenvalue weighted by atomic mass is 14.9. The molecule has 1 aliphatic heterocycles. The van der Waals surface area contributed by atoms with Gasteiger partial charge in [0.2, 0.25) is 0 Å². The number of hydrogen-bond acceptors (Lipinski definition) is 1. The zero-order valence-electron chi connectivity index (χ0n) is 10.1. The largest absolute Gasteiger partial charge is 0.317 e. The second-order valence-electron chi connectivity index (χ2n) is 5.71. The lowest BCUT2D eigenvalue weighted by molar-refractivity contribution is 0.460. The van der Waals surface area contributed by atoms with Crippen LogP contribution in [-0.4, -0.2) is 13.1 Å². The molecule has 1 nitrogen and oxygen atoms in total. The van der Waals surface area contributed by atoms with Crippen molar-refractivity contribution < 1.29 is 0 Å². The highest BCUT2D eigenvalue weighted by molar-refractivity contribution is 5.34. The van der Waals surface area contributed by atoms with E-state index in [-0.39, 0.29) is 0 Å². The highest BCUT2D eigenvalue weighted by Gasteiger charge is 2.38. The maximum absolute atomic E-state index is 3.43. The van der Waals surface area contributed by atoms with Gasteiger partial charge in [0, 0.05) is 0 Å². The van der Waals surface area contributed by atoms with Gasteiger partial charge in [0.1, 0.15) is 0 Å². The summed E-state index contributed by atoms with van der Waals surface area (Å²) in [6.07, 6.45) is 5.35. The summed E-state index contributed by atoms with van der Waals surface area (Å²) >= 11 is 0. The first-order valence-corrected chi connectivity index (χ1v) is 6.59. The Labute approximate surface area is 98.3 Å². The Morgan fingerprint density at radius 3 is 2.25 bits per heavy atom. The van der Waals surface area contributed by atoms with Gasteiger partial charge in [-0.05, 0) is 61.2 Å². The molecule has 16 heavy (non-hydrogen) atoms. The Bertz CT molecular complexity index is 356. The molecule has 1 aliphatic carbocycles. The SMILES string of the molecule is CC1(c2ccc(C3CCNCC3)cc2)CC1. The number of rotatable bonds is 2. The summed E-state index contributed by atoms with van der Waals surface area (Å²) in [7, 11) is 0. The van der Waals surface area contributed by atoms with Crippen LogP contribution in [0.1, 0.15) is 49.7 Å². The van der Waals surface area contributed by atoms with Crippen LogP contribution in [0, 0.1) is 0 Å². The van der Waals surface area contributed by atoms with E-state index in [2.05, 4.69) is 36.5 Å². The van der Waals surface area contributed by atoms with Gasteiger partial charge in [0.15, 0.2) is 0 Å².